The van der Waals surface area contributed by atoms with Crippen molar-refractivity contribution in [3.8, 4) is 0 Å². The monoisotopic (exact) mass is 561 g/mol. The van der Waals surface area contributed by atoms with Gasteiger partial charge in [0.1, 0.15) is 11.0 Å². The van der Waals surface area contributed by atoms with Gasteiger partial charge in [0.2, 0.25) is 5.91 Å². The number of ketones is 1. The third kappa shape index (κ3) is 2.48. The van der Waals surface area contributed by atoms with Crippen LogP contribution in [0.3, 0.4) is 0 Å². The van der Waals surface area contributed by atoms with Crippen LogP contribution in [0.15, 0.2) is 71.2 Å². The molecule has 0 aliphatic carbocycles. The minimum absolute atomic E-state index is 0.133. The molecule has 4 aliphatic heterocycles. The van der Waals surface area contributed by atoms with E-state index in [0.717, 1.165) is 17.3 Å². The molecule has 3 aromatic carbocycles. The van der Waals surface area contributed by atoms with E-state index in [1.807, 2.05) is 36.4 Å². The van der Waals surface area contributed by atoms with Crippen molar-refractivity contribution >= 4 is 56.5 Å². The first-order valence-corrected chi connectivity index (χ1v) is 13.2. The van der Waals surface area contributed by atoms with Crippen LogP contribution in [0, 0.1) is 5.92 Å². The van der Waals surface area contributed by atoms with Crippen molar-refractivity contribution in [2.75, 3.05) is 17.2 Å². The van der Waals surface area contributed by atoms with Crippen molar-refractivity contribution in [2.45, 2.75) is 29.8 Å². The van der Waals surface area contributed by atoms with E-state index in [1.165, 1.54) is 0 Å². The van der Waals surface area contributed by atoms with Crippen LogP contribution in [-0.2, 0) is 20.5 Å². The molecule has 4 atom stereocenters. The van der Waals surface area contributed by atoms with Gasteiger partial charge in [-0.2, -0.15) is 0 Å². The molecule has 180 valence electrons. The predicted octanol–water partition coefficient (Wildman–Crippen LogP) is 5.12. The Balaban J connectivity index is 1.59. The van der Waals surface area contributed by atoms with Crippen LogP contribution < -0.4 is 10.6 Å². The molecule has 2 saturated heterocycles. The van der Waals surface area contributed by atoms with E-state index in [1.54, 1.807) is 30.3 Å². The number of fused-ring (bicyclic) bond motifs is 7. The van der Waals surface area contributed by atoms with E-state index in [4.69, 9.17) is 11.6 Å². The van der Waals surface area contributed by atoms with Gasteiger partial charge in [-0.05, 0) is 61.3 Å². The number of nitrogens with one attached hydrogen (secondary N) is 2. The highest BCUT2D eigenvalue weighted by molar-refractivity contribution is 9.10. The Morgan fingerprint density at radius 3 is 2.47 bits per heavy atom. The molecule has 0 saturated carbocycles. The summed E-state index contributed by atoms with van der Waals surface area (Å²) < 4.78 is 0.863. The summed E-state index contributed by atoms with van der Waals surface area (Å²) in [5.41, 5.74) is 0.268. The number of para-hydroxylation sites is 1. The number of amides is 2. The molecule has 7 rings (SSSR count). The van der Waals surface area contributed by atoms with Gasteiger partial charge in [0.05, 0.1) is 5.92 Å². The summed E-state index contributed by atoms with van der Waals surface area (Å²) in [4.78, 5) is 45.2. The molecule has 2 amide bonds. The Morgan fingerprint density at radius 1 is 0.944 bits per heavy atom. The van der Waals surface area contributed by atoms with Crippen molar-refractivity contribution in [1.29, 1.82) is 0 Å². The quantitative estimate of drug-likeness (QED) is 0.425. The Bertz CT molecular complexity index is 1490. The molecule has 0 unspecified atom stereocenters. The maximum Gasteiger partial charge on any atom is 0.251 e. The van der Waals surface area contributed by atoms with Gasteiger partial charge < -0.3 is 10.6 Å². The number of nitrogens with zero attached hydrogens (tertiary/aromatic N) is 1. The van der Waals surface area contributed by atoms with Gasteiger partial charge in [-0.15, -0.1) is 0 Å². The number of carbonyl (C=O) groups excluding carboxylic acids is 3. The Kier molecular flexibility index (Phi) is 4.63. The largest absolute Gasteiger partial charge is 0.325 e. The van der Waals surface area contributed by atoms with Crippen molar-refractivity contribution in [3.05, 3.63) is 92.9 Å². The zero-order valence-corrected chi connectivity index (χ0v) is 21.4. The first kappa shape index (κ1) is 22.2. The van der Waals surface area contributed by atoms with E-state index < -0.39 is 16.9 Å². The fourth-order valence-corrected chi connectivity index (χ4v) is 7.78. The van der Waals surface area contributed by atoms with Crippen molar-refractivity contribution in [3.63, 3.8) is 0 Å². The number of anilines is 2. The average Bonchev–Trinajstić information content (AvgIpc) is 3.58. The maximum atomic E-state index is 14.5. The number of rotatable bonds is 2. The lowest BCUT2D eigenvalue weighted by Gasteiger charge is -2.43. The second-order valence-electron chi connectivity index (χ2n) is 9.91. The fourth-order valence-electron chi connectivity index (χ4n) is 7.34. The maximum absolute atomic E-state index is 14.5. The molecule has 4 aliphatic rings. The zero-order valence-electron chi connectivity index (χ0n) is 19.1. The lowest BCUT2D eigenvalue weighted by Crippen LogP contribution is -2.62. The summed E-state index contributed by atoms with van der Waals surface area (Å²) in [5.74, 6) is -1.51. The van der Waals surface area contributed by atoms with Gasteiger partial charge in [0.15, 0.2) is 5.78 Å². The third-order valence-electron chi connectivity index (χ3n) is 8.47. The molecule has 4 heterocycles. The lowest BCUT2D eigenvalue weighted by molar-refractivity contribution is -0.137. The minimum atomic E-state index is -1.46. The van der Waals surface area contributed by atoms with E-state index in [-0.39, 0.29) is 23.6 Å². The summed E-state index contributed by atoms with van der Waals surface area (Å²) in [5, 5.41) is 6.56. The molecule has 2 fully saturated rings. The van der Waals surface area contributed by atoms with Crippen LogP contribution in [0.25, 0.3) is 0 Å². The van der Waals surface area contributed by atoms with Gasteiger partial charge in [-0.25, -0.2) is 0 Å². The summed E-state index contributed by atoms with van der Waals surface area (Å²) in [6.07, 6.45) is 1.55. The van der Waals surface area contributed by atoms with Gasteiger partial charge in [0.25, 0.3) is 5.91 Å². The van der Waals surface area contributed by atoms with Crippen LogP contribution in [-0.4, -0.2) is 35.1 Å². The minimum Gasteiger partial charge on any atom is -0.325 e. The number of Topliss-reactive ketones (excluding diaryl/α,β-unsaturated/α-hetero) is 1. The molecule has 0 radical (unpaired) electrons. The molecule has 6 nitrogen and oxygen atoms in total. The molecule has 3 aromatic rings. The molecule has 2 N–H and O–H groups in total. The van der Waals surface area contributed by atoms with Crippen molar-refractivity contribution < 1.29 is 14.4 Å². The first-order chi connectivity index (χ1) is 17.4. The van der Waals surface area contributed by atoms with Crippen LogP contribution >= 0.6 is 27.5 Å². The van der Waals surface area contributed by atoms with Gasteiger partial charge in [-0.1, -0.05) is 57.9 Å². The summed E-state index contributed by atoms with van der Waals surface area (Å²) in [6.45, 7) is 0.603. The summed E-state index contributed by atoms with van der Waals surface area (Å²) in [6, 6.07) is 19.7. The SMILES string of the molecule is O=C(c1ccc(Br)cc1)[C@@H]1[C@@H]2CCCN2[C@]2(C(=O)Nc3ccc(Cl)cc32)[C@]12C(=O)Nc1ccccc12. The highest BCUT2D eigenvalue weighted by Gasteiger charge is 2.81. The smallest absolute Gasteiger partial charge is 0.251 e. The van der Waals surface area contributed by atoms with Crippen LogP contribution in [0.2, 0.25) is 5.02 Å². The van der Waals surface area contributed by atoms with Crippen molar-refractivity contribution in [1.82, 2.24) is 4.90 Å². The van der Waals surface area contributed by atoms with Crippen LogP contribution in [0.5, 0.6) is 0 Å². The van der Waals surface area contributed by atoms with E-state index >= 15 is 0 Å². The van der Waals surface area contributed by atoms with E-state index in [2.05, 4.69) is 31.5 Å². The standard InChI is InChI=1S/C28H21BrClN3O3/c29-16-9-7-15(8-10-16)24(34)23-22-6-3-13-33(22)28(19-14-17(30)11-12-21(19)32-26(28)36)27(23)18-4-1-2-5-20(18)31-25(27)35/h1-2,4-5,7-12,14,22-23H,3,6,13H2,(H,31,35)(H,32,36)/t22-,23-,27-,28+/m0/s1. The highest BCUT2D eigenvalue weighted by Crippen LogP contribution is 2.68. The molecular formula is C28H21BrClN3O3. The van der Waals surface area contributed by atoms with Crippen LogP contribution in [0.1, 0.15) is 34.3 Å². The number of halogens is 2. The third-order valence-corrected chi connectivity index (χ3v) is 9.23. The number of hydrogen-bond donors (Lipinski definition) is 2. The first-order valence-electron chi connectivity index (χ1n) is 12.0. The topological polar surface area (TPSA) is 78.5 Å². The summed E-state index contributed by atoms with van der Waals surface area (Å²) >= 11 is 9.93. The molecular weight excluding hydrogens is 542 g/mol. The summed E-state index contributed by atoms with van der Waals surface area (Å²) in [7, 11) is 0. The van der Waals surface area contributed by atoms with E-state index in [9.17, 15) is 14.4 Å². The number of carbonyl (C=O) groups is 3. The van der Waals surface area contributed by atoms with E-state index in [0.29, 0.717) is 39.6 Å². The Labute approximate surface area is 221 Å². The average molecular weight is 563 g/mol. The molecule has 2 spiro atoms. The number of benzene rings is 3. The fraction of sp³-hybridized carbons (Fsp3) is 0.250. The lowest BCUT2D eigenvalue weighted by atomic mass is 9.57. The second-order valence-corrected chi connectivity index (χ2v) is 11.3. The predicted molar refractivity (Wildman–Crippen MR) is 140 cm³/mol. The molecule has 36 heavy (non-hydrogen) atoms. The molecule has 8 heteroatoms. The van der Waals surface area contributed by atoms with Gasteiger partial charge in [-0.3, -0.25) is 19.3 Å². The normalized spacial score (nSPS) is 29.8. The Morgan fingerprint density at radius 2 is 1.67 bits per heavy atom. The van der Waals surface area contributed by atoms with Crippen LogP contribution in [0.4, 0.5) is 11.4 Å². The van der Waals surface area contributed by atoms with Crippen molar-refractivity contribution in [2.24, 2.45) is 5.92 Å². The van der Waals surface area contributed by atoms with Gasteiger partial charge >= 0.3 is 0 Å². The Hall–Kier alpha value is -3.00. The highest BCUT2D eigenvalue weighted by atomic mass is 79.9. The second kappa shape index (κ2) is 7.51. The molecule has 0 bridgehead atoms. The van der Waals surface area contributed by atoms with Gasteiger partial charge in [0, 0.05) is 38.0 Å². The number of hydrogen-bond acceptors (Lipinski definition) is 4. The zero-order chi connectivity index (χ0) is 24.8. The molecule has 0 aromatic heterocycles.